The summed E-state index contributed by atoms with van der Waals surface area (Å²) in [6.45, 7) is 7.14. The maximum atomic E-state index is 12.1. The largest absolute Gasteiger partial charge is 0.321 e. The second kappa shape index (κ2) is 6.24. The molecule has 1 N–H and O–H groups in total. The molecule has 5 heteroatoms. The van der Waals surface area contributed by atoms with E-state index in [4.69, 9.17) is 0 Å². The highest BCUT2D eigenvalue weighted by Crippen LogP contribution is 2.25. The minimum Gasteiger partial charge on any atom is -0.321 e. The monoisotopic (exact) mass is 293 g/mol. The van der Waals surface area contributed by atoms with Gasteiger partial charge in [0.05, 0.1) is 6.54 Å². The molecule has 2 saturated heterocycles. The lowest BCUT2D eigenvalue weighted by Crippen LogP contribution is -2.37. The molecule has 20 heavy (non-hydrogen) atoms. The fourth-order valence-electron chi connectivity index (χ4n) is 3.27. The summed E-state index contributed by atoms with van der Waals surface area (Å²) in [6.07, 6.45) is 2.73. The number of likely N-dealkylation sites (tertiary alicyclic amines) is 1. The van der Waals surface area contributed by atoms with Crippen LogP contribution in [0.3, 0.4) is 0 Å². The van der Waals surface area contributed by atoms with Gasteiger partial charge in [0, 0.05) is 13.1 Å². The van der Waals surface area contributed by atoms with Gasteiger partial charge in [-0.15, -0.1) is 0 Å². The predicted molar refractivity (Wildman–Crippen MR) is 81.6 cm³/mol. The Morgan fingerprint density at radius 3 is 2.90 bits per heavy atom. The summed E-state index contributed by atoms with van der Waals surface area (Å²) in [5.74, 6) is 0.757. The van der Waals surface area contributed by atoms with Gasteiger partial charge in [-0.1, -0.05) is 6.92 Å². The van der Waals surface area contributed by atoms with Crippen LogP contribution in [-0.4, -0.2) is 48.4 Å². The van der Waals surface area contributed by atoms with E-state index < -0.39 is 0 Å². The Morgan fingerprint density at radius 1 is 1.40 bits per heavy atom. The molecule has 1 amide bonds. The lowest BCUT2D eigenvalue weighted by atomic mass is 10.1. The summed E-state index contributed by atoms with van der Waals surface area (Å²) in [4.78, 5) is 16.6. The Balaban J connectivity index is 1.60. The van der Waals surface area contributed by atoms with Gasteiger partial charge in [-0.3, -0.25) is 10.1 Å². The maximum absolute atomic E-state index is 12.1. The van der Waals surface area contributed by atoms with Crippen LogP contribution in [0, 0.1) is 5.92 Å². The van der Waals surface area contributed by atoms with Crippen LogP contribution in [0.4, 0.5) is 0 Å². The zero-order valence-electron chi connectivity index (χ0n) is 12.0. The molecular formula is C15H23N3OS. The zero-order chi connectivity index (χ0) is 13.9. The summed E-state index contributed by atoms with van der Waals surface area (Å²) in [7, 11) is 0. The second-order valence-corrected chi connectivity index (χ2v) is 6.78. The standard InChI is InChI=1S/C15H23N3OS/c1-12(9-17-5-2-3-6-17)10-18-14(19)8-16-15(18)13-4-7-20-11-13/h4,7,11-12,15-16H,2-3,5-6,8-10H2,1H3. The summed E-state index contributed by atoms with van der Waals surface area (Å²) >= 11 is 1.69. The van der Waals surface area contributed by atoms with Crippen LogP contribution in [0.25, 0.3) is 0 Å². The SMILES string of the molecule is CC(CN1CCCC1)CN1C(=O)CNC1c1ccsc1. The number of hydrogen-bond acceptors (Lipinski definition) is 4. The Hall–Kier alpha value is -0.910. The summed E-state index contributed by atoms with van der Waals surface area (Å²) in [6, 6.07) is 2.11. The molecule has 2 aliphatic heterocycles. The van der Waals surface area contributed by atoms with Crippen LogP contribution in [0.15, 0.2) is 16.8 Å². The number of rotatable bonds is 5. The molecule has 110 valence electrons. The van der Waals surface area contributed by atoms with Crippen molar-refractivity contribution >= 4 is 17.2 Å². The van der Waals surface area contributed by atoms with E-state index in [1.54, 1.807) is 11.3 Å². The van der Waals surface area contributed by atoms with E-state index in [0.717, 1.165) is 13.1 Å². The highest BCUT2D eigenvalue weighted by atomic mass is 32.1. The molecule has 0 saturated carbocycles. The van der Waals surface area contributed by atoms with Crippen molar-refractivity contribution in [3.05, 3.63) is 22.4 Å². The lowest BCUT2D eigenvalue weighted by Gasteiger charge is -2.29. The van der Waals surface area contributed by atoms with E-state index in [2.05, 4.69) is 34.0 Å². The highest BCUT2D eigenvalue weighted by molar-refractivity contribution is 7.07. The first kappa shape index (κ1) is 14.0. The Morgan fingerprint density at radius 2 is 2.20 bits per heavy atom. The molecule has 0 spiro atoms. The average molecular weight is 293 g/mol. The van der Waals surface area contributed by atoms with Gasteiger partial charge in [0.2, 0.25) is 5.91 Å². The molecule has 2 aliphatic rings. The smallest absolute Gasteiger partial charge is 0.238 e. The number of carbonyl (C=O) groups is 1. The molecular weight excluding hydrogens is 270 g/mol. The van der Waals surface area contributed by atoms with Crippen LogP contribution >= 0.6 is 11.3 Å². The number of nitrogens with one attached hydrogen (secondary N) is 1. The molecule has 4 nitrogen and oxygen atoms in total. The van der Waals surface area contributed by atoms with Crippen molar-refractivity contribution in [1.29, 1.82) is 0 Å². The average Bonchev–Trinajstić information content (AvgIpc) is 3.13. The van der Waals surface area contributed by atoms with Gasteiger partial charge < -0.3 is 9.80 Å². The number of carbonyl (C=O) groups excluding carboxylic acids is 1. The second-order valence-electron chi connectivity index (χ2n) is 6.00. The fraction of sp³-hybridized carbons (Fsp3) is 0.667. The van der Waals surface area contributed by atoms with Gasteiger partial charge in [0.15, 0.2) is 0 Å². The van der Waals surface area contributed by atoms with E-state index >= 15 is 0 Å². The molecule has 0 aromatic carbocycles. The summed E-state index contributed by atoms with van der Waals surface area (Å²) in [5.41, 5.74) is 1.22. The Labute approximate surface area is 124 Å². The van der Waals surface area contributed by atoms with Gasteiger partial charge in [-0.25, -0.2) is 0 Å². The number of hydrogen-bond donors (Lipinski definition) is 1. The first-order valence-electron chi connectivity index (χ1n) is 7.51. The van der Waals surface area contributed by atoms with Crippen LogP contribution < -0.4 is 5.32 Å². The molecule has 1 aromatic heterocycles. The van der Waals surface area contributed by atoms with Crippen LogP contribution in [0.1, 0.15) is 31.5 Å². The molecule has 3 heterocycles. The Kier molecular flexibility index (Phi) is 4.38. The molecule has 0 radical (unpaired) electrons. The zero-order valence-corrected chi connectivity index (χ0v) is 12.9. The third-order valence-corrected chi connectivity index (χ3v) is 4.92. The van der Waals surface area contributed by atoms with Gasteiger partial charge in [-0.2, -0.15) is 11.3 Å². The van der Waals surface area contributed by atoms with Gasteiger partial charge >= 0.3 is 0 Å². The minimum atomic E-state index is 0.0785. The van der Waals surface area contributed by atoms with Crippen molar-refractivity contribution in [2.24, 2.45) is 5.92 Å². The van der Waals surface area contributed by atoms with Crippen molar-refractivity contribution in [1.82, 2.24) is 15.1 Å². The third kappa shape index (κ3) is 3.05. The van der Waals surface area contributed by atoms with Crippen LogP contribution in [0.2, 0.25) is 0 Å². The lowest BCUT2D eigenvalue weighted by molar-refractivity contribution is -0.128. The van der Waals surface area contributed by atoms with E-state index in [1.807, 2.05) is 4.90 Å². The summed E-state index contributed by atoms with van der Waals surface area (Å²) < 4.78 is 0. The fourth-order valence-corrected chi connectivity index (χ4v) is 3.95. The predicted octanol–water partition coefficient (Wildman–Crippen LogP) is 1.91. The molecule has 2 atom stereocenters. The van der Waals surface area contributed by atoms with Crippen LogP contribution in [0.5, 0.6) is 0 Å². The minimum absolute atomic E-state index is 0.0785. The quantitative estimate of drug-likeness (QED) is 0.901. The van der Waals surface area contributed by atoms with Crippen molar-refractivity contribution in [2.45, 2.75) is 25.9 Å². The third-order valence-electron chi connectivity index (χ3n) is 4.21. The van der Waals surface area contributed by atoms with E-state index in [-0.39, 0.29) is 12.1 Å². The topological polar surface area (TPSA) is 35.6 Å². The van der Waals surface area contributed by atoms with E-state index in [0.29, 0.717) is 12.5 Å². The highest BCUT2D eigenvalue weighted by Gasteiger charge is 2.32. The number of nitrogens with zero attached hydrogens (tertiary/aromatic N) is 2. The molecule has 1 aromatic rings. The number of amides is 1. The van der Waals surface area contributed by atoms with Crippen molar-refractivity contribution in [3.8, 4) is 0 Å². The first-order valence-corrected chi connectivity index (χ1v) is 8.45. The van der Waals surface area contributed by atoms with Gasteiger partial charge in [0.25, 0.3) is 0 Å². The van der Waals surface area contributed by atoms with Gasteiger partial charge in [-0.05, 0) is 54.2 Å². The number of thiophene rings is 1. The molecule has 2 unspecified atom stereocenters. The van der Waals surface area contributed by atoms with Crippen LogP contribution in [-0.2, 0) is 4.79 Å². The first-order chi connectivity index (χ1) is 9.74. The van der Waals surface area contributed by atoms with E-state index in [9.17, 15) is 4.79 Å². The van der Waals surface area contributed by atoms with Crippen molar-refractivity contribution in [3.63, 3.8) is 0 Å². The molecule has 0 bridgehead atoms. The Bertz CT molecular complexity index is 442. The normalized spacial score (nSPS) is 25.6. The van der Waals surface area contributed by atoms with E-state index in [1.165, 1.54) is 31.5 Å². The molecule has 0 aliphatic carbocycles. The van der Waals surface area contributed by atoms with Gasteiger partial charge in [0.1, 0.15) is 6.17 Å². The summed E-state index contributed by atoms with van der Waals surface area (Å²) in [5, 5.41) is 7.54. The van der Waals surface area contributed by atoms with Crippen molar-refractivity contribution in [2.75, 3.05) is 32.7 Å². The molecule has 3 rings (SSSR count). The van der Waals surface area contributed by atoms with Crippen molar-refractivity contribution < 1.29 is 4.79 Å². The maximum Gasteiger partial charge on any atom is 0.238 e. The molecule has 2 fully saturated rings.